The summed E-state index contributed by atoms with van der Waals surface area (Å²) >= 11 is 0. The van der Waals surface area contributed by atoms with Gasteiger partial charge in [-0.25, -0.2) is 0 Å². The van der Waals surface area contributed by atoms with Crippen LogP contribution < -0.4 is 4.74 Å². The van der Waals surface area contributed by atoms with Crippen molar-refractivity contribution in [1.29, 1.82) is 0 Å². The Morgan fingerprint density at radius 2 is 1.89 bits per heavy atom. The molecule has 1 heterocycles. The van der Waals surface area contributed by atoms with Gasteiger partial charge < -0.3 is 4.74 Å². The van der Waals surface area contributed by atoms with Crippen LogP contribution in [-0.4, -0.2) is 30.9 Å². The highest BCUT2D eigenvalue weighted by atomic mass is 16.5. The molecule has 0 spiro atoms. The van der Waals surface area contributed by atoms with Crippen LogP contribution in [0, 0.1) is 11.3 Å². The summed E-state index contributed by atoms with van der Waals surface area (Å²) in [6.45, 7) is 3.89. The average molecular weight is 259 g/mol. The van der Waals surface area contributed by atoms with Crippen molar-refractivity contribution >= 4 is 11.8 Å². The number of piperidine rings is 1. The van der Waals surface area contributed by atoms with Crippen molar-refractivity contribution in [2.75, 3.05) is 14.2 Å². The molecule has 0 bridgehead atoms. The van der Waals surface area contributed by atoms with E-state index in [1.807, 2.05) is 38.1 Å². The van der Waals surface area contributed by atoms with Crippen LogP contribution in [0.25, 0.3) is 0 Å². The van der Waals surface area contributed by atoms with Crippen LogP contribution in [0.5, 0.6) is 5.75 Å². The molecule has 2 fully saturated rings. The van der Waals surface area contributed by atoms with Crippen LogP contribution in [0.3, 0.4) is 0 Å². The van der Waals surface area contributed by atoms with E-state index in [1.54, 1.807) is 14.2 Å². The third-order valence-corrected chi connectivity index (χ3v) is 5.15. The van der Waals surface area contributed by atoms with E-state index < -0.39 is 10.8 Å². The summed E-state index contributed by atoms with van der Waals surface area (Å²) in [6.07, 6.45) is 0. The van der Waals surface area contributed by atoms with Crippen LogP contribution in [-0.2, 0) is 15.0 Å². The standard InChI is InChI=1S/C15H17NO3/c1-14(9-6-5-7-10(8-9)19-4)11-12(17)16(3)13(18)15(11,14)2/h5-8,11H,1-4H3/t11-,14-,15+/m1/s1. The van der Waals surface area contributed by atoms with E-state index in [9.17, 15) is 9.59 Å². The van der Waals surface area contributed by atoms with Crippen molar-refractivity contribution in [3.05, 3.63) is 29.8 Å². The minimum atomic E-state index is -0.606. The first-order valence-electron chi connectivity index (χ1n) is 6.35. The molecule has 1 aliphatic heterocycles. The third-order valence-electron chi connectivity index (χ3n) is 5.15. The fourth-order valence-corrected chi connectivity index (χ4v) is 3.69. The zero-order valence-corrected chi connectivity index (χ0v) is 11.6. The van der Waals surface area contributed by atoms with Crippen molar-refractivity contribution in [2.24, 2.45) is 11.3 Å². The summed E-state index contributed by atoms with van der Waals surface area (Å²) in [5.74, 6) is 0.357. The van der Waals surface area contributed by atoms with Gasteiger partial charge in [-0.2, -0.15) is 0 Å². The normalized spacial score (nSPS) is 36.4. The second-order valence-electron chi connectivity index (χ2n) is 5.77. The largest absolute Gasteiger partial charge is 0.497 e. The molecule has 1 aliphatic carbocycles. The molecule has 1 aromatic carbocycles. The maximum Gasteiger partial charge on any atom is 0.236 e. The summed E-state index contributed by atoms with van der Waals surface area (Å²) in [6, 6.07) is 7.65. The van der Waals surface area contributed by atoms with Gasteiger partial charge in [0.05, 0.1) is 18.4 Å². The van der Waals surface area contributed by atoms with E-state index in [0.29, 0.717) is 0 Å². The highest BCUT2D eigenvalue weighted by Gasteiger charge is 2.83. The molecule has 1 saturated heterocycles. The molecule has 100 valence electrons. The minimum absolute atomic E-state index is 0.0715. The Balaban J connectivity index is 2.08. The molecule has 0 N–H and O–H groups in total. The van der Waals surface area contributed by atoms with Crippen LogP contribution in [0.1, 0.15) is 19.4 Å². The van der Waals surface area contributed by atoms with Gasteiger partial charge in [0.2, 0.25) is 11.8 Å². The summed E-state index contributed by atoms with van der Waals surface area (Å²) < 4.78 is 5.23. The van der Waals surface area contributed by atoms with E-state index in [-0.39, 0.29) is 17.7 Å². The number of fused-ring (bicyclic) bond motifs is 1. The molecule has 0 unspecified atom stereocenters. The van der Waals surface area contributed by atoms with E-state index in [0.717, 1.165) is 11.3 Å². The van der Waals surface area contributed by atoms with Gasteiger partial charge in [0.1, 0.15) is 5.75 Å². The molecule has 2 aliphatic rings. The number of benzene rings is 1. The Morgan fingerprint density at radius 1 is 1.21 bits per heavy atom. The monoisotopic (exact) mass is 259 g/mol. The Bertz CT molecular complexity index is 597. The number of imide groups is 1. The number of hydrogen-bond acceptors (Lipinski definition) is 3. The Morgan fingerprint density at radius 3 is 2.42 bits per heavy atom. The van der Waals surface area contributed by atoms with Gasteiger partial charge in [0.15, 0.2) is 0 Å². The molecular formula is C15H17NO3. The topological polar surface area (TPSA) is 46.6 Å². The van der Waals surface area contributed by atoms with Crippen molar-refractivity contribution in [2.45, 2.75) is 19.3 Å². The predicted molar refractivity (Wildman–Crippen MR) is 69.7 cm³/mol. The van der Waals surface area contributed by atoms with Gasteiger partial charge in [-0.3, -0.25) is 14.5 Å². The summed E-state index contributed by atoms with van der Waals surface area (Å²) in [4.78, 5) is 25.7. The van der Waals surface area contributed by atoms with E-state index in [2.05, 4.69) is 0 Å². The number of hydrogen-bond donors (Lipinski definition) is 0. The highest BCUT2D eigenvalue weighted by molar-refractivity contribution is 6.14. The summed E-state index contributed by atoms with van der Waals surface area (Å²) in [5, 5.41) is 0. The minimum Gasteiger partial charge on any atom is -0.497 e. The SMILES string of the molecule is COc1cccc([C@]2(C)[C@H]3C(=O)N(C)C(=O)[C@]32C)c1. The quantitative estimate of drug-likeness (QED) is 0.758. The predicted octanol–water partition coefficient (Wildman–Crippen LogP) is 1.59. The number of carbonyl (C=O) groups is 2. The van der Waals surface area contributed by atoms with Gasteiger partial charge in [0.25, 0.3) is 0 Å². The van der Waals surface area contributed by atoms with Gasteiger partial charge in [-0.1, -0.05) is 19.1 Å². The average Bonchev–Trinajstić information content (AvgIpc) is 2.88. The number of rotatable bonds is 2. The highest BCUT2D eigenvalue weighted by Crippen LogP contribution is 2.73. The lowest BCUT2D eigenvalue weighted by atomic mass is 9.87. The van der Waals surface area contributed by atoms with E-state index >= 15 is 0 Å². The Hall–Kier alpha value is -1.84. The molecule has 4 nitrogen and oxygen atoms in total. The Kier molecular flexibility index (Phi) is 2.17. The van der Waals surface area contributed by atoms with Crippen LogP contribution >= 0.6 is 0 Å². The number of carbonyl (C=O) groups excluding carboxylic acids is 2. The van der Waals surface area contributed by atoms with Gasteiger partial charge >= 0.3 is 0 Å². The number of ether oxygens (including phenoxy) is 1. The first-order valence-corrected chi connectivity index (χ1v) is 6.35. The molecule has 4 heteroatoms. The zero-order valence-electron chi connectivity index (χ0n) is 11.6. The second kappa shape index (κ2) is 3.38. The first-order chi connectivity index (χ1) is 8.89. The van der Waals surface area contributed by atoms with Crippen molar-refractivity contribution in [1.82, 2.24) is 4.90 Å². The third kappa shape index (κ3) is 1.15. The lowest BCUT2D eigenvalue weighted by molar-refractivity contribution is -0.142. The van der Waals surface area contributed by atoms with Crippen LogP contribution in [0.2, 0.25) is 0 Å². The molecule has 3 rings (SSSR count). The van der Waals surface area contributed by atoms with Crippen LogP contribution in [0.15, 0.2) is 24.3 Å². The number of nitrogens with zero attached hydrogens (tertiary/aromatic N) is 1. The summed E-state index contributed by atoms with van der Waals surface area (Å²) in [7, 11) is 3.18. The fraction of sp³-hybridized carbons (Fsp3) is 0.467. The van der Waals surface area contributed by atoms with Crippen LogP contribution in [0.4, 0.5) is 0 Å². The molecule has 0 aromatic heterocycles. The molecule has 0 radical (unpaired) electrons. The fourth-order valence-electron chi connectivity index (χ4n) is 3.69. The maximum atomic E-state index is 12.3. The smallest absolute Gasteiger partial charge is 0.236 e. The van der Waals surface area contributed by atoms with E-state index in [4.69, 9.17) is 4.74 Å². The zero-order chi connectivity index (χ0) is 14.0. The lowest BCUT2D eigenvalue weighted by Crippen LogP contribution is -2.37. The number of amides is 2. The number of methoxy groups -OCH3 is 1. The molecule has 2 amide bonds. The lowest BCUT2D eigenvalue weighted by Gasteiger charge is -2.23. The van der Waals surface area contributed by atoms with Gasteiger partial charge in [-0.15, -0.1) is 0 Å². The van der Waals surface area contributed by atoms with E-state index in [1.165, 1.54) is 4.90 Å². The molecule has 1 aromatic rings. The van der Waals surface area contributed by atoms with Crippen molar-refractivity contribution in [3.63, 3.8) is 0 Å². The molecule has 3 atom stereocenters. The van der Waals surface area contributed by atoms with Gasteiger partial charge in [-0.05, 0) is 24.6 Å². The Labute approximate surface area is 112 Å². The second-order valence-corrected chi connectivity index (χ2v) is 5.77. The first kappa shape index (κ1) is 12.2. The maximum absolute atomic E-state index is 12.3. The molecule has 1 saturated carbocycles. The van der Waals surface area contributed by atoms with Crippen molar-refractivity contribution < 1.29 is 14.3 Å². The molecule has 19 heavy (non-hydrogen) atoms. The summed E-state index contributed by atoms with van der Waals surface area (Å²) in [5.41, 5.74) is -0.0258. The molecular weight excluding hydrogens is 242 g/mol. The number of likely N-dealkylation sites (tertiary alicyclic amines) is 1. The van der Waals surface area contributed by atoms with Crippen molar-refractivity contribution in [3.8, 4) is 5.75 Å². The van der Waals surface area contributed by atoms with Gasteiger partial charge in [0, 0.05) is 12.5 Å².